The number of nitrogens with one attached hydrogen (secondary N) is 2. The van der Waals surface area contributed by atoms with Crippen molar-refractivity contribution in [2.24, 2.45) is 0 Å². The lowest BCUT2D eigenvalue weighted by Gasteiger charge is -2.27. The molecule has 0 atom stereocenters. The van der Waals surface area contributed by atoms with Crippen molar-refractivity contribution in [3.63, 3.8) is 0 Å². The van der Waals surface area contributed by atoms with Gasteiger partial charge in [-0.25, -0.2) is 0 Å². The number of thiophene rings is 1. The lowest BCUT2D eigenvalue weighted by molar-refractivity contribution is -0.133. The monoisotopic (exact) mass is 267 g/mol. The minimum atomic E-state index is -0.0964. The molecular formula is C12H17N3O2S. The molecule has 2 heterocycles. The fraction of sp³-hybridized carbons (Fsp3) is 0.500. The van der Waals surface area contributed by atoms with Gasteiger partial charge in [0.2, 0.25) is 11.8 Å². The first kappa shape index (κ1) is 13.0. The van der Waals surface area contributed by atoms with Crippen LogP contribution in [0.3, 0.4) is 0 Å². The maximum Gasteiger partial charge on any atom is 0.242 e. The Kier molecular flexibility index (Phi) is 4.72. The van der Waals surface area contributed by atoms with Crippen LogP contribution in [-0.2, 0) is 16.0 Å². The number of hydrogen-bond acceptors (Lipinski definition) is 4. The molecule has 0 aliphatic carbocycles. The molecule has 0 radical (unpaired) electrons. The van der Waals surface area contributed by atoms with Gasteiger partial charge < -0.3 is 15.5 Å². The van der Waals surface area contributed by atoms with Crippen molar-refractivity contribution in [2.75, 3.05) is 32.7 Å². The highest BCUT2D eigenvalue weighted by atomic mass is 32.1. The molecule has 1 aromatic rings. The number of amides is 2. The van der Waals surface area contributed by atoms with Gasteiger partial charge in [-0.1, -0.05) is 6.07 Å². The van der Waals surface area contributed by atoms with E-state index in [2.05, 4.69) is 10.6 Å². The van der Waals surface area contributed by atoms with Gasteiger partial charge in [-0.2, -0.15) is 0 Å². The average molecular weight is 267 g/mol. The van der Waals surface area contributed by atoms with E-state index in [9.17, 15) is 9.59 Å². The van der Waals surface area contributed by atoms with Crippen LogP contribution in [0.4, 0.5) is 0 Å². The fourth-order valence-electron chi connectivity index (χ4n) is 1.83. The van der Waals surface area contributed by atoms with Crippen LogP contribution in [0.15, 0.2) is 17.5 Å². The number of piperazine rings is 1. The molecule has 18 heavy (non-hydrogen) atoms. The molecular weight excluding hydrogens is 250 g/mol. The van der Waals surface area contributed by atoms with Crippen LogP contribution < -0.4 is 10.6 Å². The lowest BCUT2D eigenvalue weighted by atomic mass is 10.3. The summed E-state index contributed by atoms with van der Waals surface area (Å²) in [6.45, 7) is 3.20. The Hall–Kier alpha value is -1.40. The Morgan fingerprint density at radius 1 is 1.39 bits per heavy atom. The lowest BCUT2D eigenvalue weighted by Crippen LogP contribution is -2.49. The predicted molar refractivity (Wildman–Crippen MR) is 70.5 cm³/mol. The number of rotatable bonds is 4. The Bertz CT molecular complexity index is 399. The van der Waals surface area contributed by atoms with E-state index >= 15 is 0 Å². The van der Waals surface area contributed by atoms with Gasteiger partial charge in [0.25, 0.3) is 0 Å². The van der Waals surface area contributed by atoms with Crippen molar-refractivity contribution in [2.45, 2.75) is 6.42 Å². The highest BCUT2D eigenvalue weighted by Gasteiger charge is 2.16. The smallest absolute Gasteiger partial charge is 0.242 e. The third kappa shape index (κ3) is 3.82. The molecule has 5 nitrogen and oxygen atoms in total. The van der Waals surface area contributed by atoms with E-state index in [-0.39, 0.29) is 18.4 Å². The van der Waals surface area contributed by atoms with Gasteiger partial charge in [0.05, 0.1) is 13.0 Å². The first-order chi connectivity index (χ1) is 8.75. The standard InChI is InChI=1S/C12H17N3O2S/c16-11(8-10-2-1-7-18-10)14-9-12(17)15-5-3-13-4-6-15/h1-2,7,13H,3-6,8-9H2,(H,14,16). The molecule has 2 rings (SSSR count). The Labute approximate surface area is 110 Å². The van der Waals surface area contributed by atoms with Gasteiger partial charge in [-0.15, -0.1) is 11.3 Å². The highest BCUT2D eigenvalue weighted by Crippen LogP contribution is 2.08. The van der Waals surface area contributed by atoms with Gasteiger partial charge >= 0.3 is 0 Å². The van der Waals surface area contributed by atoms with Crippen LogP contribution in [0.2, 0.25) is 0 Å². The minimum absolute atomic E-state index is 0.00368. The van der Waals surface area contributed by atoms with Crippen molar-refractivity contribution < 1.29 is 9.59 Å². The zero-order valence-corrected chi connectivity index (χ0v) is 11.0. The number of carbonyl (C=O) groups is 2. The number of hydrogen-bond donors (Lipinski definition) is 2. The Morgan fingerprint density at radius 3 is 2.83 bits per heavy atom. The van der Waals surface area contributed by atoms with Crippen LogP contribution in [0.1, 0.15) is 4.88 Å². The molecule has 2 N–H and O–H groups in total. The van der Waals surface area contributed by atoms with E-state index in [1.54, 1.807) is 16.2 Å². The SMILES string of the molecule is O=C(Cc1cccs1)NCC(=O)N1CCNCC1. The summed E-state index contributed by atoms with van der Waals surface area (Å²) in [4.78, 5) is 26.2. The van der Waals surface area contributed by atoms with Crippen LogP contribution in [0.25, 0.3) is 0 Å². The van der Waals surface area contributed by atoms with Crippen LogP contribution in [-0.4, -0.2) is 49.4 Å². The van der Waals surface area contributed by atoms with E-state index in [1.165, 1.54) is 0 Å². The van der Waals surface area contributed by atoms with E-state index in [0.717, 1.165) is 31.1 Å². The molecule has 1 saturated heterocycles. The molecule has 1 aromatic heterocycles. The van der Waals surface area contributed by atoms with Gasteiger partial charge in [0.1, 0.15) is 0 Å². The van der Waals surface area contributed by atoms with Gasteiger partial charge in [0.15, 0.2) is 0 Å². The highest BCUT2D eigenvalue weighted by molar-refractivity contribution is 7.10. The third-order valence-corrected chi connectivity index (χ3v) is 3.70. The van der Waals surface area contributed by atoms with Crippen molar-refractivity contribution in [1.29, 1.82) is 0 Å². The second-order valence-electron chi connectivity index (χ2n) is 4.16. The molecule has 1 fully saturated rings. The summed E-state index contributed by atoms with van der Waals surface area (Å²) in [6, 6.07) is 3.83. The number of nitrogens with zero attached hydrogens (tertiary/aromatic N) is 1. The third-order valence-electron chi connectivity index (χ3n) is 2.82. The summed E-state index contributed by atoms with van der Waals surface area (Å²) in [6.07, 6.45) is 0.354. The molecule has 2 amide bonds. The van der Waals surface area contributed by atoms with Crippen LogP contribution >= 0.6 is 11.3 Å². The maximum absolute atomic E-state index is 11.8. The molecule has 0 bridgehead atoms. The second-order valence-corrected chi connectivity index (χ2v) is 5.20. The second kappa shape index (κ2) is 6.51. The minimum Gasteiger partial charge on any atom is -0.347 e. The quantitative estimate of drug-likeness (QED) is 0.797. The maximum atomic E-state index is 11.8. The summed E-state index contributed by atoms with van der Waals surface area (Å²) in [5, 5.41) is 7.80. The Morgan fingerprint density at radius 2 is 2.17 bits per heavy atom. The summed E-state index contributed by atoms with van der Waals surface area (Å²) < 4.78 is 0. The van der Waals surface area contributed by atoms with E-state index in [1.807, 2.05) is 17.5 Å². The van der Waals surface area contributed by atoms with E-state index in [0.29, 0.717) is 6.42 Å². The topological polar surface area (TPSA) is 61.4 Å². The summed E-state index contributed by atoms with van der Waals surface area (Å²) >= 11 is 1.55. The zero-order chi connectivity index (χ0) is 12.8. The molecule has 0 aromatic carbocycles. The average Bonchev–Trinajstić information content (AvgIpc) is 2.90. The molecule has 1 aliphatic rings. The Balaban J connectivity index is 1.70. The molecule has 6 heteroatoms. The zero-order valence-electron chi connectivity index (χ0n) is 10.1. The van der Waals surface area contributed by atoms with Crippen molar-refractivity contribution in [3.8, 4) is 0 Å². The van der Waals surface area contributed by atoms with Gasteiger partial charge in [-0.3, -0.25) is 9.59 Å². The van der Waals surface area contributed by atoms with Crippen LogP contribution in [0, 0.1) is 0 Å². The fourth-order valence-corrected chi connectivity index (χ4v) is 2.54. The summed E-state index contributed by atoms with van der Waals surface area (Å²) in [5.41, 5.74) is 0. The normalized spacial score (nSPS) is 15.4. The molecule has 98 valence electrons. The van der Waals surface area contributed by atoms with Crippen molar-refractivity contribution >= 4 is 23.2 Å². The van der Waals surface area contributed by atoms with Gasteiger partial charge in [-0.05, 0) is 11.4 Å². The molecule has 0 spiro atoms. The van der Waals surface area contributed by atoms with Crippen LogP contribution in [0.5, 0.6) is 0 Å². The summed E-state index contributed by atoms with van der Waals surface area (Å²) in [5.74, 6) is -0.100. The molecule has 1 aliphatic heterocycles. The van der Waals surface area contributed by atoms with Crippen molar-refractivity contribution in [1.82, 2.24) is 15.5 Å². The summed E-state index contributed by atoms with van der Waals surface area (Å²) in [7, 11) is 0. The first-order valence-corrected chi connectivity index (χ1v) is 6.91. The van der Waals surface area contributed by atoms with E-state index < -0.39 is 0 Å². The molecule has 0 unspecified atom stereocenters. The first-order valence-electron chi connectivity index (χ1n) is 6.03. The van der Waals surface area contributed by atoms with Crippen molar-refractivity contribution in [3.05, 3.63) is 22.4 Å². The van der Waals surface area contributed by atoms with E-state index in [4.69, 9.17) is 0 Å². The number of carbonyl (C=O) groups excluding carboxylic acids is 2. The molecule has 0 saturated carbocycles. The largest absolute Gasteiger partial charge is 0.347 e. The van der Waals surface area contributed by atoms with Gasteiger partial charge in [0, 0.05) is 31.1 Å². The predicted octanol–water partition coefficient (Wildman–Crippen LogP) is -0.161.